The molecule has 0 spiro atoms. The van der Waals surface area contributed by atoms with E-state index in [1.807, 2.05) is 23.1 Å². The second-order valence-electron chi connectivity index (χ2n) is 4.77. The van der Waals surface area contributed by atoms with E-state index in [2.05, 4.69) is 22.0 Å². The molecule has 2 N–H and O–H groups in total. The molecule has 1 fully saturated rings. The molecule has 0 saturated carbocycles. The Morgan fingerprint density at radius 1 is 1.47 bits per heavy atom. The average molecular weight is 343 g/mol. The van der Waals surface area contributed by atoms with Gasteiger partial charge in [-0.05, 0) is 40.9 Å². The van der Waals surface area contributed by atoms with E-state index in [-0.39, 0.29) is 11.9 Å². The van der Waals surface area contributed by atoms with Crippen molar-refractivity contribution in [2.45, 2.75) is 30.2 Å². The van der Waals surface area contributed by atoms with Crippen molar-refractivity contribution in [2.75, 3.05) is 18.8 Å². The molecule has 104 valence electrons. The molecule has 5 heteroatoms. The van der Waals surface area contributed by atoms with Gasteiger partial charge in [-0.2, -0.15) is 0 Å². The number of thioether (sulfide) groups is 1. The van der Waals surface area contributed by atoms with E-state index in [0.717, 1.165) is 36.2 Å². The summed E-state index contributed by atoms with van der Waals surface area (Å²) in [5.74, 6) is 1.04. The van der Waals surface area contributed by atoms with Crippen LogP contribution in [-0.4, -0.2) is 35.7 Å². The van der Waals surface area contributed by atoms with Crippen molar-refractivity contribution >= 4 is 33.6 Å². The second kappa shape index (κ2) is 7.31. The maximum atomic E-state index is 12.1. The Morgan fingerprint density at radius 3 is 3.00 bits per heavy atom. The first kappa shape index (κ1) is 14.9. The molecule has 2 rings (SSSR count). The fourth-order valence-corrected chi connectivity index (χ4v) is 3.71. The Bertz CT molecular complexity index is 441. The lowest BCUT2D eigenvalue weighted by Crippen LogP contribution is -2.45. The number of hydrogen-bond acceptors (Lipinski definition) is 3. The number of amides is 1. The molecule has 1 aromatic rings. The Labute approximate surface area is 127 Å². The highest BCUT2D eigenvalue weighted by molar-refractivity contribution is 9.10. The van der Waals surface area contributed by atoms with Crippen LogP contribution < -0.4 is 5.73 Å². The number of benzene rings is 1. The van der Waals surface area contributed by atoms with E-state index < -0.39 is 0 Å². The number of carbonyl (C=O) groups is 1. The van der Waals surface area contributed by atoms with Gasteiger partial charge in [0, 0.05) is 40.7 Å². The van der Waals surface area contributed by atoms with Crippen molar-refractivity contribution in [3.05, 3.63) is 28.7 Å². The minimum Gasteiger partial charge on any atom is -0.341 e. The van der Waals surface area contributed by atoms with Gasteiger partial charge in [0.25, 0.3) is 0 Å². The predicted molar refractivity (Wildman–Crippen MR) is 83.3 cm³/mol. The van der Waals surface area contributed by atoms with Gasteiger partial charge in [0.05, 0.1) is 0 Å². The van der Waals surface area contributed by atoms with Crippen molar-refractivity contribution in [1.82, 2.24) is 4.90 Å². The van der Waals surface area contributed by atoms with Gasteiger partial charge >= 0.3 is 0 Å². The zero-order valence-electron chi connectivity index (χ0n) is 10.8. The summed E-state index contributed by atoms with van der Waals surface area (Å²) in [4.78, 5) is 15.2. The minimum absolute atomic E-state index is 0.161. The monoisotopic (exact) mass is 342 g/mol. The quantitative estimate of drug-likeness (QED) is 0.855. The highest BCUT2D eigenvalue weighted by atomic mass is 79.9. The summed E-state index contributed by atoms with van der Waals surface area (Å²) in [6.07, 6.45) is 2.65. The fourth-order valence-electron chi connectivity index (χ4n) is 2.20. The van der Waals surface area contributed by atoms with Crippen molar-refractivity contribution in [2.24, 2.45) is 5.73 Å². The van der Waals surface area contributed by atoms with Crippen LogP contribution in [0.4, 0.5) is 0 Å². The van der Waals surface area contributed by atoms with Crippen LogP contribution in [0.15, 0.2) is 33.6 Å². The summed E-state index contributed by atoms with van der Waals surface area (Å²) in [6, 6.07) is 8.25. The maximum absolute atomic E-state index is 12.1. The second-order valence-corrected chi connectivity index (χ2v) is 6.76. The van der Waals surface area contributed by atoms with E-state index in [0.29, 0.717) is 6.42 Å². The molecular formula is C14H19BrN2OS. The van der Waals surface area contributed by atoms with Crippen LogP contribution in [0.3, 0.4) is 0 Å². The van der Waals surface area contributed by atoms with Gasteiger partial charge in [-0.25, -0.2) is 0 Å². The highest BCUT2D eigenvalue weighted by Gasteiger charge is 2.20. The number of rotatable bonds is 4. The molecule has 1 unspecified atom stereocenters. The summed E-state index contributed by atoms with van der Waals surface area (Å²) in [5.41, 5.74) is 5.90. The van der Waals surface area contributed by atoms with Gasteiger partial charge in [-0.1, -0.05) is 12.1 Å². The summed E-state index contributed by atoms with van der Waals surface area (Å²) >= 11 is 5.23. The van der Waals surface area contributed by atoms with Crippen LogP contribution in [0.5, 0.6) is 0 Å². The minimum atomic E-state index is 0.161. The van der Waals surface area contributed by atoms with E-state index >= 15 is 0 Å². The topological polar surface area (TPSA) is 46.3 Å². The lowest BCUT2D eigenvalue weighted by molar-refractivity contribution is -0.131. The Balaban J connectivity index is 1.76. The zero-order valence-corrected chi connectivity index (χ0v) is 13.3. The van der Waals surface area contributed by atoms with Crippen LogP contribution in [0, 0.1) is 0 Å². The van der Waals surface area contributed by atoms with Crippen LogP contribution in [0.25, 0.3) is 0 Å². The molecule has 0 radical (unpaired) electrons. The van der Waals surface area contributed by atoms with Crippen molar-refractivity contribution in [3.63, 3.8) is 0 Å². The SMILES string of the molecule is NC1CCCN(C(=O)CCSc2ccccc2Br)C1. The molecular weight excluding hydrogens is 324 g/mol. The van der Waals surface area contributed by atoms with Crippen molar-refractivity contribution in [1.29, 1.82) is 0 Å². The summed E-state index contributed by atoms with van der Waals surface area (Å²) < 4.78 is 1.09. The number of nitrogens with two attached hydrogens (primary N) is 1. The smallest absolute Gasteiger partial charge is 0.223 e. The standard InChI is InChI=1S/C14H19BrN2OS/c15-12-5-1-2-6-13(12)19-9-7-14(18)17-8-3-4-11(16)10-17/h1-2,5-6,11H,3-4,7-10,16H2. The number of hydrogen-bond donors (Lipinski definition) is 1. The lowest BCUT2D eigenvalue weighted by atomic mass is 10.1. The van der Waals surface area contributed by atoms with E-state index in [4.69, 9.17) is 5.73 Å². The largest absolute Gasteiger partial charge is 0.341 e. The normalized spacial score (nSPS) is 19.5. The van der Waals surface area contributed by atoms with Gasteiger partial charge in [-0.3, -0.25) is 4.79 Å². The lowest BCUT2D eigenvalue weighted by Gasteiger charge is -2.30. The first-order chi connectivity index (χ1) is 9.16. The number of piperidine rings is 1. The van der Waals surface area contributed by atoms with Crippen LogP contribution in [-0.2, 0) is 4.79 Å². The molecule has 1 aromatic carbocycles. The van der Waals surface area contributed by atoms with Crippen molar-refractivity contribution in [3.8, 4) is 0 Å². The van der Waals surface area contributed by atoms with E-state index in [9.17, 15) is 4.79 Å². The summed E-state index contributed by atoms with van der Waals surface area (Å²) in [5, 5.41) is 0. The van der Waals surface area contributed by atoms with Gasteiger partial charge in [0.2, 0.25) is 5.91 Å². The molecule has 1 heterocycles. The van der Waals surface area contributed by atoms with Crippen LogP contribution >= 0.6 is 27.7 Å². The Kier molecular flexibility index (Phi) is 5.73. The molecule has 1 saturated heterocycles. The fraction of sp³-hybridized carbons (Fsp3) is 0.500. The van der Waals surface area contributed by atoms with E-state index in [1.54, 1.807) is 11.8 Å². The zero-order chi connectivity index (χ0) is 13.7. The average Bonchev–Trinajstić information content (AvgIpc) is 2.41. The molecule has 1 aliphatic heterocycles. The highest BCUT2D eigenvalue weighted by Crippen LogP contribution is 2.27. The third-order valence-electron chi connectivity index (χ3n) is 3.22. The van der Waals surface area contributed by atoms with Crippen LogP contribution in [0.2, 0.25) is 0 Å². The maximum Gasteiger partial charge on any atom is 0.223 e. The molecule has 0 aliphatic carbocycles. The molecule has 1 atom stereocenters. The Hall–Kier alpha value is -0.520. The van der Waals surface area contributed by atoms with Gasteiger partial charge in [0.1, 0.15) is 0 Å². The first-order valence-electron chi connectivity index (χ1n) is 6.57. The number of nitrogens with zero attached hydrogens (tertiary/aromatic N) is 1. The third kappa shape index (κ3) is 4.51. The summed E-state index contributed by atoms with van der Waals surface area (Å²) in [7, 11) is 0. The Morgan fingerprint density at radius 2 is 2.26 bits per heavy atom. The first-order valence-corrected chi connectivity index (χ1v) is 8.35. The molecule has 0 bridgehead atoms. The number of halogens is 1. The molecule has 0 aromatic heterocycles. The number of carbonyl (C=O) groups excluding carboxylic acids is 1. The van der Waals surface area contributed by atoms with E-state index in [1.165, 1.54) is 4.90 Å². The third-order valence-corrected chi connectivity index (χ3v) is 5.25. The molecule has 1 amide bonds. The van der Waals surface area contributed by atoms with Gasteiger partial charge in [0.15, 0.2) is 0 Å². The molecule has 1 aliphatic rings. The summed E-state index contributed by atoms with van der Waals surface area (Å²) in [6.45, 7) is 1.59. The predicted octanol–water partition coefficient (Wildman–Crippen LogP) is 2.88. The van der Waals surface area contributed by atoms with Crippen LogP contribution in [0.1, 0.15) is 19.3 Å². The molecule has 3 nitrogen and oxygen atoms in total. The van der Waals surface area contributed by atoms with Crippen molar-refractivity contribution < 1.29 is 4.79 Å². The van der Waals surface area contributed by atoms with Gasteiger partial charge in [-0.15, -0.1) is 11.8 Å². The number of likely N-dealkylation sites (tertiary alicyclic amines) is 1. The van der Waals surface area contributed by atoms with Gasteiger partial charge < -0.3 is 10.6 Å². The molecule has 19 heavy (non-hydrogen) atoms.